The van der Waals surface area contributed by atoms with Gasteiger partial charge >= 0.3 is 0 Å². The third-order valence-electron chi connectivity index (χ3n) is 5.30. The lowest BCUT2D eigenvalue weighted by Gasteiger charge is -2.23. The van der Waals surface area contributed by atoms with Crippen LogP contribution in [0.1, 0.15) is 6.42 Å². The van der Waals surface area contributed by atoms with Crippen molar-refractivity contribution in [2.75, 3.05) is 24.1 Å². The average molecular weight is 455 g/mol. The molecule has 0 bridgehead atoms. The summed E-state index contributed by atoms with van der Waals surface area (Å²) in [5.74, 6) is 1.03. The summed E-state index contributed by atoms with van der Waals surface area (Å²) in [7, 11) is 1.56. The number of anilines is 1. The lowest BCUT2D eigenvalue weighted by Crippen LogP contribution is -2.45. The molecule has 0 saturated carbocycles. The molecule has 2 amide bonds. The van der Waals surface area contributed by atoms with Crippen molar-refractivity contribution in [2.45, 2.75) is 19.0 Å². The van der Waals surface area contributed by atoms with Crippen LogP contribution < -0.4 is 21.2 Å². The summed E-state index contributed by atoms with van der Waals surface area (Å²) >= 11 is 1.49. The number of rotatable bonds is 6. The van der Waals surface area contributed by atoms with E-state index < -0.39 is 6.04 Å². The number of aromatic nitrogens is 2. The topological polar surface area (TPSA) is 114 Å². The molecule has 0 spiro atoms. The number of methoxy groups -OCH3 is 1. The smallest absolute Gasteiger partial charge is 0.273 e. The molecule has 1 unspecified atom stereocenters. The van der Waals surface area contributed by atoms with Gasteiger partial charge in [0.05, 0.1) is 30.3 Å². The number of hydrogen-bond acceptors (Lipinski definition) is 6. The number of H-pyrrole nitrogens is 1. The van der Waals surface area contributed by atoms with Crippen molar-refractivity contribution >= 4 is 40.0 Å². The van der Waals surface area contributed by atoms with Crippen molar-refractivity contribution in [2.24, 2.45) is 0 Å². The summed E-state index contributed by atoms with van der Waals surface area (Å²) in [4.78, 5) is 52.0. The maximum absolute atomic E-state index is 12.8. The third-order valence-corrected chi connectivity index (χ3v) is 6.31. The second-order valence-electron chi connectivity index (χ2n) is 7.29. The lowest BCUT2D eigenvalue weighted by molar-refractivity contribution is -0.136. The summed E-state index contributed by atoms with van der Waals surface area (Å²) < 4.78 is 6.26. The van der Waals surface area contributed by atoms with Crippen LogP contribution in [0.3, 0.4) is 0 Å². The monoisotopic (exact) mass is 454 g/mol. The molecule has 32 heavy (non-hydrogen) atoms. The van der Waals surface area contributed by atoms with Gasteiger partial charge in [0.15, 0.2) is 0 Å². The van der Waals surface area contributed by atoms with E-state index in [1.807, 2.05) is 0 Å². The molecular formula is C22H22N4O5S. The van der Waals surface area contributed by atoms with E-state index in [1.54, 1.807) is 55.6 Å². The molecule has 2 aromatic carbocycles. The van der Waals surface area contributed by atoms with Gasteiger partial charge in [-0.25, -0.2) is 4.68 Å². The lowest BCUT2D eigenvalue weighted by atomic mass is 10.2. The first-order valence-electron chi connectivity index (χ1n) is 10.0. The predicted octanol–water partition coefficient (Wildman–Crippen LogP) is 1.63. The maximum Gasteiger partial charge on any atom is 0.273 e. The number of aromatic amines is 1. The first-order chi connectivity index (χ1) is 15.5. The highest BCUT2D eigenvalue weighted by atomic mass is 32.2. The molecular weight excluding hydrogens is 432 g/mol. The normalized spacial score (nSPS) is 15.7. The number of aryl methyl sites for hydroxylation is 1. The van der Waals surface area contributed by atoms with Crippen LogP contribution in [0.25, 0.3) is 10.8 Å². The predicted molar refractivity (Wildman–Crippen MR) is 123 cm³/mol. The Balaban J connectivity index is 1.43. The number of carbonyl (C=O) groups excluding carboxylic acids is 2. The van der Waals surface area contributed by atoms with Gasteiger partial charge < -0.3 is 15.0 Å². The van der Waals surface area contributed by atoms with Crippen molar-refractivity contribution < 1.29 is 14.3 Å². The van der Waals surface area contributed by atoms with Crippen LogP contribution in [0.5, 0.6) is 5.75 Å². The Morgan fingerprint density at radius 2 is 1.84 bits per heavy atom. The van der Waals surface area contributed by atoms with E-state index in [4.69, 9.17) is 4.74 Å². The standard InChI is InChI=1S/C22H22N4O5S/c1-31-15-8-6-14(7-9-15)23-21(29)18-12-32-13-25(18)19(27)10-11-26-22(30)17-5-3-2-4-16(17)20(28)24-26/h2-9,18H,10-13H2,1H3,(H,23,29)(H,24,28). The summed E-state index contributed by atoms with van der Waals surface area (Å²) in [5, 5.41) is 5.96. The van der Waals surface area contributed by atoms with Crippen molar-refractivity contribution in [3.05, 3.63) is 69.2 Å². The van der Waals surface area contributed by atoms with Crippen LogP contribution in [0.15, 0.2) is 58.1 Å². The zero-order valence-electron chi connectivity index (χ0n) is 17.4. The van der Waals surface area contributed by atoms with Crippen molar-refractivity contribution in [1.29, 1.82) is 0 Å². The number of fused-ring (bicyclic) bond motifs is 1. The molecule has 1 atom stereocenters. The largest absolute Gasteiger partial charge is 0.497 e. The fourth-order valence-electron chi connectivity index (χ4n) is 3.56. The first kappa shape index (κ1) is 21.7. The molecule has 0 aliphatic carbocycles. The van der Waals surface area contributed by atoms with E-state index in [9.17, 15) is 19.2 Å². The summed E-state index contributed by atoms with van der Waals surface area (Å²) in [6.07, 6.45) is -0.0128. The quantitative estimate of drug-likeness (QED) is 0.585. The highest BCUT2D eigenvalue weighted by Crippen LogP contribution is 2.24. The van der Waals surface area contributed by atoms with E-state index >= 15 is 0 Å². The van der Waals surface area contributed by atoms with Crippen molar-refractivity contribution in [3.8, 4) is 5.75 Å². The Kier molecular flexibility index (Phi) is 6.31. The second-order valence-corrected chi connectivity index (χ2v) is 8.29. The highest BCUT2D eigenvalue weighted by Gasteiger charge is 2.34. The fraction of sp³-hybridized carbons (Fsp3) is 0.273. The first-order valence-corrected chi connectivity index (χ1v) is 11.2. The van der Waals surface area contributed by atoms with Gasteiger partial charge in [-0.1, -0.05) is 12.1 Å². The molecule has 10 heteroatoms. The minimum Gasteiger partial charge on any atom is -0.497 e. The van der Waals surface area contributed by atoms with Crippen molar-refractivity contribution in [3.63, 3.8) is 0 Å². The van der Waals surface area contributed by atoms with Gasteiger partial charge in [-0.3, -0.25) is 24.3 Å². The Bertz CT molecular complexity index is 1270. The zero-order valence-corrected chi connectivity index (χ0v) is 18.2. The Morgan fingerprint density at radius 3 is 2.56 bits per heavy atom. The molecule has 3 aromatic rings. The number of ether oxygens (including phenoxy) is 1. The Morgan fingerprint density at radius 1 is 1.12 bits per heavy atom. The molecule has 1 saturated heterocycles. The SMILES string of the molecule is COc1ccc(NC(=O)C2CSCN2C(=O)CCn2[nH]c(=O)c3ccccc3c2=O)cc1. The number of thioether (sulfide) groups is 1. The molecule has 1 aliphatic rings. The van der Waals surface area contributed by atoms with Crippen LogP contribution in [-0.2, 0) is 16.1 Å². The van der Waals surface area contributed by atoms with Gasteiger partial charge in [-0.2, -0.15) is 0 Å². The van der Waals surface area contributed by atoms with Gasteiger partial charge in [-0.15, -0.1) is 11.8 Å². The van der Waals surface area contributed by atoms with Gasteiger partial charge in [0.25, 0.3) is 11.1 Å². The molecule has 2 N–H and O–H groups in total. The number of hydrogen-bond donors (Lipinski definition) is 2. The number of carbonyl (C=O) groups is 2. The number of amides is 2. The van der Waals surface area contributed by atoms with E-state index in [2.05, 4.69) is 10.4 Å². The number of nitrogens with zero attached hydrogens (tertiary/aromatic N) is 2. The third kappa shape index (κ3) is 4.40. The molecule has 2 heterocycles. The second kappa shape index (κ2) is 9.31. The zero-order chi connectivity index (χ0) is 22.7. The summed E-state index contributed by atoms with van der Waals surface area (Å²) in [6, 6.07) is 12.9. The summed E-state index contributed by atoms with van der Waals surface area (Å²) in [5.41, 5.74) is -0.140. The van der Waals surface area contributed by atoms with Gasteiger partial charge in [0, 0.05) is 17.9 Å². The highest BCUT2D eigenvalue weighted by molar-refractivity contribution is 7.99. The molecule has 0 radical (unpaired) electrons. The molecule has 166 valence electrons. The van der Waals surface area contributed by atoms with E-state index in [0.29, 0.717) is 33.8 Å². The molecule has 1 aromatic heterocycles. The van der Waals surface area contributed by atoms with Crippen LogP contribution >= 0.6 is 11.8 Å². The molecule has 9 nitrogen and oxygen atoms in total. The van der Waals surface area contributed by atoms with Crippen molar-refractivity contribution in [1.82, 2.24) is 14.7 Å². The molecule has 4 rings (SSSR count). The van der Waals surface area contributed by atoms with Crippen LogP contribution in [-0.4, -0.2) is 51.3 Å². The van der Waals surface area contributed by atoms with E-state index in [-0.39, 0.29) is 35.9 Å². The number of benzene rings is 2. The van der Waals surface area contributed by atoms with E-state index in [0.717, 1.165) is 4.68 Å². The molecule has 1 aliphatic heterocycles. The van der Waals surface area contributed by atoms with E-state index in [1.165, 1.54) is 16.7 Å². The van der Waals surface area contributed by atoms with Crippen LogP contribution in [0.4, 0.5) is 5.69 Å². The maximum atomic E-state index is 12.8. The minimum absolute atomic E-state index is 0.0128. The summed E-state index contributed by atoms with van der Waals surface area (Å²) in [6.45, 7) is 0.0196. The minimum atomic E-state index is -0.609. The average Bonchev–Trinajstić information content (AvgIpc) is 3.31. The van der Waals surface area contributed by atoms with Gasteiger partial charge in [0.1, 0.15) is 11.8 Å². The van der Waals surface area contributed by atoms with Crippen LogP contribution in [0.2, 0.25) is 0 Å². The Labute approximate surface area is 187 Å². The van der Waals surface area contributed by atoms with Gasteiger partial charge in [-0.05, 0) is 36.4 Å². The van der Waals surface area contributed by atoms with Gasteiger partial charge in [0.2, 0.25) is 11.8 Å². The van der Waals surface area contributed by atoms with Crippen LogP contribution in [0, 0.1) is 0 Å². The fourth-order valence-corrected chi connectivity index (χ4v) is 4.74. The number of nitrogens with one attached hydrogen (secondary N) is 2. The Hall–Kier alpha value is -3.53. The molecule has 1 fully saturated rings.